The molecule has 0 aliphatic carbocycles. The lowest BCUT2D eigenvalue weighted by molar-refractivity contribution is -0.137. The highest BCUT2D eigenvalue weighted by Crippen LogP contribution is 2.29. The number of nitrogens with one attached hydrogen (secondary N) is 1. The number of nitrogens with zero attached hydrogens (tertiary/aromatic N) is 1. The molecule has 1 unspecified atom stereocenters. The number of hydrogen-bond donors (Lipinski definition) is 2. The fourth-order valence-electron chi connectivity index (χ4n) is 1.86. The molecular formula is C13H14F3N3. The van der Waals surface area contributed by atoms with Gasteiger partial charge in [0.25, 0.3) is 0 Å². The Bertz CT molecular complexity index is 503. The van der Waals surface area contributed by atoms with Crippen LogP contribution in [0.1, 0.15) is 17.0 Å². The van der Waals surface area contributed by atoms with E-state index >= 15 is 0 Å². The Kier molecular flexibility index (Phi) is 3.90. The number of benzene rings is 1. The number of halogens is 3. The van der Waals surface area contributed by atoms with Gasteiger partial charge in [-0.25, -0.2) is 4.98 Å². The summed E-state index contributed by atoms with van der Waals surface area (Å²) in [4.78, 5) is 7.00. The molecule has 0 bridgehead atoms. The molecule has 2 rings (SSSR count). The minimum atomic E-state index is -4.30. The summed E-state index contributed by atoms with van der Waals surface area (Å²) in [5, 5.41) is 0. The third kappa shape index (κ3) is 3.82. The van der Waals surface area contributed by atoms with Gasteiger partial charge in [-0.1, -0.05) is 12.1 Å². The van der Waals surface area contributed by atoms with Crippen molar-refractivity contribution in [2.75, 3.05) is 0 Å². The second kappa shape index (κ2) is 5.44. The number of imidazole rings is 1. The molecule has 1 heterocycles. The molecule has 3 N–H and O–H groups in total. The van der Waals surface area contributed by atoms with Gasteiger partial charge in [0.05, 0.1) is 5.56 Å². The van der Waals surface area contributed by atoms with Crippen LogP contribution in [-0.2, 0) is 19.0 Å². The quantitative estimate of drug-likeness (QED) is 0.896. The maximum atomic E-state index is 12.4. The predicted molar refractivity (Wildman–Crippen MR) is 65.4 cm³/mol. The predicted octanol–water partition coefficient (Wildman–Crippen LogP) is 2.54. The minimum absolute atomic E-state index is 0.178. The number of aromatic amines is 1. The Morgan fingerprint density at radius 1 is 1.16 bits per heavy atom. The number of nitrogens with two attached hydrogens (primary N) is 1. The normalized spacial score (nSPS) is 13.5. The number of H-pyrrole nitrogens is 1. The maximum Gasteiger partial charge on any atom is 0.416 e. The van der Waals surface area contributed by atoms with Crippen molar-refractivity contribution in [3.63, 3.8) is 0 Å². The van der Waals surface area contributed by atoms with E-state index in [1.54, 1.807) is 12.4 Å². The highest BCUT2D eigenvalue weighted by Gasteiger charge is 2.29. The van der Waals surface area contributed by atoms with E-state index in [0.29, 0.717) is 12.8 Å². The van der Waals surface area contributed by atoms with Crippen LogP contribution < -0.4 is 5.73 Å². The third-order valence-corrected chi connectivity index (χ3v) is 2.79. The average Bonchev–Trinajstić information content (AvgIpc) is 2.81. The summed E-state index contributed by atoms with van der Waals surface area (Å²) in [5.41, 5.74) is 6.08. The van der Waals surface area contributed by atoms with Crippen molar-refractivity contribution in [2.45, 2.75) is 25.1 Å². The number of rotatable bonds is 4. The Labute approximate surface area is 108 Å². The molecular weight excluding hydrogens is 255 g/mol. The van der Waals surface area contributed by atoms with E-state index in [9.17, 15) is 13.2 Å². The zero-order chi connectivity index (χ0) is 13.9. The largest absolute Gasteiger partial charge is 0.416 e. The van der Waals surface area contributed by atoms with Crippen LogP contribution in [0.15, 0.2) is 36.7 Å². The van der Waals surface area contributed by atoms with Gasteiger partial charge in [0.2, 0.25) is 0 Å². The zero-order valence-corrected chi connectivity index (χ0v) is 10.1. The van der Waals surface area contributed by atoms with E-state index in [-0.39, 0.29) is 6.04 Å². The molecule has 0 aliphatic heterocycles. The summed E-state index contributed by atoms with van der Waals surface area (Å²) >= 11 is 0. The van der Waals surface area contributed by atoms with Crippen LogP contribution in [0.5, 0.6) is 0 Å². The Balaban J connectivity index is 1.96. The van der Waals surface area contributed by atoms with E-state index in [2.05, 4.69) is 9.97 Å². The summed E-state index contributed by atoms with van der Waals surface area (Å²) in [6.07, 6.45) is 0.127. The van der Waals surface area contributed by atoms with Crippen molar-refractivity contribution in [2.24, 2.45) is 5.73 Å². The fourth-order valence-corrected chi connectivity index (χ4v) is 1.86. The summed E-state index contributed by atoms with van der Waals surface area (Å²) in [7, 11) is 0. The summed E-state index contributed by atoms with van der Waals surface area (Å²) in [6.45, 7) is 0. The van der Waals surface area contributed by atoms with Crippen LogP contribution in [0.4, 0.5) is 13.2 Å². The van der Waals surface area contributed by atoms with E-state index in [4.69, 9.17) is 5.73 Å². The zero-order valence-electron chi connectivity index (χ0n) is 10.1. The second-order valence-electron chi connectivity index (χ2n) is 4.40. The fraction of sp³-hybridized carbons (Fsp3) is 0.308. The van der Waals surface area contributed by atoms with E-state index in [0.717, 1.165) is 23.5 Å². The van der Waals surface area contributed by atoms with Gasteiger partial charge in [-0.05, 0) is 24.1 Å². The van der Waals surface area contributed by atoms with Gasteiger partial charge in [-0.3, -0.25) is 0 Å². The SMILES string of the molecule is NC(Cc1ccc(C(F)(F)F)cc1)Cc1ncc[nH]1. The van der Waals surface area contributed by atoms with Gasteiger partial charge < -0.3 is 10.7 Å². The molecule has 0 saturated heterocycles. The van der Waals surface area contributed by atoms with Crippen LogP contribution in [-0.4, -0.2) is 16.0 Å². The lowest BCUT2D eigenvalue weighted by Crippen LogP contribution is -2.26. The summed E-state index contributed by atoms with van der Waals surface area (Å²) in [5.74, 6) is 0.777. The maximum absolute atomic E-state index is 12.4. The molecule has 0 saturated carbocycles. The van der Waals surface area contributed by atoms with E-state index in [1.807, 2.05) is 0 Å². The topological polar surface area (TPSA) is 54.7 Å². The lowest BCUT2D eigenvalue weighted by atomic mass is 10.0. The summed E-state index contributed by atoms with van der Waals surface area (Å²) in [6, 6.07) is 4.90. The first kappa shape index (κ1) is 13.6. The molecule has 0 spiro atoms. The molecule has 0 fully saturated rings. The molecule has 6 heteroatoms. The third-order valence-electron chi connectivity index (χ3n) is 2.79. The molecule has 2 aromatic rings. The molecule has 102 valence electrons. The average molecular weight is 269 g/mol. The minimum Gasteiger partial charge on any atom is -0.349 e. The van der Waals surface area contributed by atoms with E-state index in [1.165, 1.54) is 12.1 Å². The monoisotopic (exact) mass is 269 g/mol. The van der Waals surface area contributed by atoms with Crippen molar-refractivity contribution in [1.29, 1.82) is 0 Å². The van der Waals surface area contributed by atoms with Gasteiger partial charge in [0.1, 0.15) is 5.82 Å². The Hall–Kier alpha value is -1.82. The van der Waals surface area contributed by atoms with E-state index < -0.39 is 11.7 Å². The van der Waals surface area contributed by atoms with Crippen LogP contribution in [0, 0.1) is 0 Å². The van der Waals surface area contributed by atoms with Gasteiger partial charge >= 0.3 is 6.18 Å². The van der Waals surface area contributed by atoms with Crippen molar-refractivity contribution >= 4 is 0 Å². The molecule has 0 aliphatic rings. The number of hydrogen-bond acceptors (Lipinski definition) is 2. The Morgan fingerprint density at radius 2 is 1.84 bits per heavy atom. The molecule has 0 radical (unpaired) electrons. The van der Waals surface area contributed by atoms with Crippen LogP contribution in [0.25, 0.3) is 0 Å². The molecule has 1 aromatic carbocycles. The molecule has 19 heavy (non-hydrogen) atoms. The number of aromatic nitrogens is 2. The second-order valence-corrected chi connectivity index (χ2v) is 4.40. The van der Waals surface area contributed by atoms with Crippen LogP contribution in [0.2, 0.25) is 0 Å². The summed E-state index contributed by atoms with van der Waals surface area (Å²) < 4.78 is 37.2. The van der Waals surface area contributed by atoms with Crippen molar-refractivity contribution in [3.8, 4) is 0 Å². The van der Waals surface area contributed by atoms with Gasteiger partial charge in [-0.2, -0.15) is 13.2 Å². The van der Waals surface area contributed by atoms with Gasteiger partial charge in [0, 0.05) is 24.9 Å². The molecule has 1 aromatic heterocycles. The molecule has 0 amide bonds. The standard InChI is InChI=1S/C13H14F3N3/c14-13(15,16)10-3-1-9(2-4-10)7-11(17)8-12-18-5-6-19-12/h1-6,11H,7-8,17H2,(H,18,19). The Morgan fingerprint density at radius 3 is 2.37 bits per heavy atom. The first-order chi connectivity index (χ1) is 8.95. The van der Waals surface area contributed by atoms with Crippen molar-refractivity contribution in [3.05, 3.63) is 53.6 Å². The smallest absolute Gasteiger partial charge is 0.349 e. The highest BCUT2D eigenvalue weighted by atomic mass is 19.4. The van der Waals surface area contributed by atoms with Crippen LogP contribution >= 0.6 is 0 Å². The first-order valence-electron chi connectivity index (χ1n) is 5.85. The molecule has 1 atom stereocenters. The molecule has 3 nitrogen and oxygen atoms in total. The van der Waals surface area contributed by atoms with Crippen molar-refractivity contribution in [1.82, 2.24) is 9.97 Å². The highest BCUT2D eigenvalue weighted by molar-refractivity contribution is 5.25. The van der Waals surface area contributed by atoms with Gasteiger partial charge in [0.15, 0.2) is 0 Å². The van der Waals surface area contributed by atoms with Crippen molar-refractivity contribution < 1.29 is 13.2 Å². The first-order valence-corrected chi connectivity index (χ1v) is 5.85. The number of alkyl halides is 3. The lowest BCUT2D eigenvalue weighted by Gasteiger charge is -2.11. The van der Waals surface area contributed by atoms with Gasteiger partial charge in [-0.15, -0.1) is 0 Å². The van der Waals surface area contributed by atoms with Crippen LogP contribution in [0.3, 0.4) is 0 Å².